The number of carboxylic acid groups (broad SMARTS) is 1. The molecular formula is C33H52O6Si. The number of rotatable bonds is 16. The predicted octanol–water partition coefficient (Wildman–Crippen LogP) is 7.97. The number of esters is 1. The minimum absolute atomic E-state index is 0.0245. The van der Waals surface area contributed by atoms with Gasteiger partial charge in [0.1, 0.15) is 5.76 Å². The highest BCUT2D eigenvalue weighted by Gasteiger charge is 2.44. The number of unbranched alkanes of at least 4 members (excludes halogenated alkanes) is 2. The Balaban J connectivity index is 2.26. The van der Waals surface area contributed by atoms with E-state index >= 15 is 0 Å². The van der Waals surface area contributed by atoms with Crippen molar-refractivity contribution < 1.29 is 29.0 Å². The van der Waals surface area contributed by atoms with Crippen molar-refractivity contribution in [3.05, 3.63) is 59.4 Å². The van der Waals surface area contributed by atoms with Crippen LogP contribution in [0.1, 0.15) is 98.0 Å². The van der Waals surface area contributed by atoms with Crippen LogP contribution in [-0.2, 0) is 25.2 Å². The van der Waals surface area contributed by atoms with Gasteiger partial charge in [0, 0.05) is 18.8 Å². The molecule has 1 aromatic carbocycles. The van der Waals surface area contributed by atoms with E-state index in [4.69, 9.17) is 9.16 Å². The first-order valence-corrected chi connectivity index (χ1v) is 17.9. The van der Waals surface area contributed by atoms with E-state index in [1.165, 1.54) is 12.5 Å². The van der Waals surface area contributed by atoms with Crippen LogP contribution in [-0.4, -0.2) is 42.2 Å². The zero-order valence-electron chi connectivity index (χ0n) is 25.8. The largest absolute Gasteiger partial charge is 0.479 e. The second kappa shape index (κ2) is 15.1. The Morgan fingerprint density at radius 2 is 1.73 bits per heavy atom. The molecular weight excluding hydrogens is 520 g/mol. The molecule has 2 rings (SSSR count). The van der Waals surface area contributed by atoms with E-state index in [-0.39, 0.29) is 29.5 Å². The fourth-order valence-corrected chi connectivity index (χ4v) is 6.11. The van der Waals surface area contributed by atoms with Crippen LogP contribution < -0.4 is 0 Å². The van der Waals surface area contributed by atoms with Gasteiger partial charge in [-0.05, 0) is 81.1 Å². The number of aliphatic carboxylic acids is 1. The molecule has 6 nitrogen and oxygen atoms in total. The van der Waals surface area contributed by atoms with Gasteiger partial charge in [0.15, 0.2) is 13.9 Å². The molecule has 2 N–H and O–H groups in total. The van der Waals surface area contributed by atoms with Gasteiger partial charge in [-0.1, -0.05) is 76.6 Å². The highest BCUT2D eigenvalue weighted by atomic mass is 28.4. The van der Waals surface area contributed by atoms with Gasteiger partial charge >= 0.3 is 11.9 Å². The predicted molar refractivity (Wildman–Crippen MR) is 163 cm³/mol. The Labute approximate surface area is 243 Å². The number of aliphatic hydroxyl groups is 1. The molecule has 0 bridgehead atoms. The fourth-order valence-electron chi connectivity index (χ4n) is 4.77. The van der Waals surface area contributed by atoms with Crippen LogP contribution in [0.15, 0.2) is 53.8 Å². The third-order valence-electron chi connectivity index (χ3n) is 8.35. The van der Waals surface area contributed by atoms with Crippen molar-refractivity contribution in [1.29, 1.82) is 0 Å². The van der Waals surface area contributed by atoms with Gasteiger partial charge in [-0.3, -0.25) is 4.79 Å². The summed E-state index contributed by atoms with van der Waals surface area (Å²) in [5.74, 6) is -0.622. The minimum atomic E-state index is -2.09. The quantitative estimate of drug-likeness (QED) is 0.0903. The van der Waals surface area contributed by atoms with Gasteiger partial charge in [-0.15, -0.1) is 0 Å². The zero-order valence-corrected chi connectivity index (χ0v) is 26.8. The molecule has 0 aliphatic heterocycles. The van der Waals surface area contributed by atoms with Crippen molar-refractivity contribution in [3.63, 3.8) is 0 Å². The monoisotopic (exact) mass is 572 g/mol. The second-order valence-electron chi connectivity index (χ2n) is 12.9. The standard InChI is InChI=1S/C33H52O6Si/c1-8-17-30(34)38-28-24-29(39-40(6,7)32(2,3)4)27(22-15-14-20-25-18-11-9-12-19-25)26(28)21-13-10-16-23-33(5,37)31(35)36/h9,11-12,15,18-19,22,27,29,37H,8,10,13-14,16-17,20-21,23-24H2,1-7H3,(H,35,36)/t27-,29+,33?/m0/s1. The number of carbonyl (C=O) groups is 2. The molecule has 0 amide bonds. The molecule has 0 spiro atoms. The van der Waals surface area contributed by atoms with E-state index in [0.717, 1.165) is 49.9 Å². The third kappa shape index (κ3) is 10.3. The van der Waals surface area contributed by atoms with Gasteiger partial charge in [0.2, 0.25) is 0 Å². The average molecular weight is 573 g/mol. The fraction of sp³-hybridized carbons (Fsp3) is 0.636. The minimum Gasteiger partial charge on any atom is -0.479 e. The van der Waals surface area contributed by atoms with Crippen molar-refractivity contribution >= 4 is 20.3 Å². The summed E-state index contributed by atoms with van der Waals surface area (Å²) in [6, 6.07) is 10.4. The molecule has 0 saturated carbocycles. The Kier molecular flexibility index (Phi) is 12.9. The number of carbonyl (C=O) groups excluding carboxylic acids is 1. The van der Waals surface area contributed by atoms with Crippen molar-refractivity contribution in [1.82, 2.24) is 0 Å². The topological polar surface area (TPSA) is 93.1 Å². The lowest BCUT2D eigenvalue weighted by atomic mass is 9.92. The average Bonchev–Trinajstić information content (AvgIpc) is 3.16. The van der Waals surface area contributed by atoms with Gasteiger partial charge in [-0.2, -0.15) is 0 Å². The van der Waals surface area contributed by atoms with Crippen LogP contribution in [0.3, 0.4) is 0 Å². The smallest absolute Gasteiger partial charge is 0.335 e. The molecule has 7 heteroatoms. The van der Waals surface area contributed by atoms with Crippen LogP contribution in [0.4, 0.5) is 0 Å². The number of hydrogen-bond donors (Lipinski definition) is 2. The summed E-state index contributed by atoms with van der Waals surface area (Å²) in [7, 11) is -2.09. The SMILES string of the molecule is CCCC(=O)OC1=C(CCCCCC(C)(O)C(=O)O)[C@H](C=CCCc2ccccc2)[C@H](O[Si](C)(C)C(C)(C)C)C1. The number of benzene rings is 1. The van der Waals surface area contributed by atoms with E-state index in [9.17, 15) is 19.8 Å². The lowest BCUT2D eigenvalue weighted by Crippen LogP contribution is -2.45. The molecule has 1 aliphatic rings. The maximum absolute atomic E-state index is 12.6. The maximum Gasteiger partial charge on any atom is 0.335 e. The van der Waals surface area contributed by atoms with Crippen LogP contribution in [0.2, 0.25) is 18.1 Å². The molecule has 0 radical (unpaired) electrons. The van der Waals surface area contributed by atoms with Crippen LogP contribution in [0.25, 0.3) is 0 Å². The first-order valence-electron chi connectivity index (χ1n) is 14.9. The highest BCUT2D eigenvalue weighted by molar-refractivity contribution is 6.74. The lowest BCUT2D eigenvalue weighted by molar-refractivity contribution is -0.157. The van der Waals surface area contributed by atoms with E-state index in [0.29, 0.717) is 19.3 Å². The lowest BCUT2D eigenvalue weighted by Gasteiger charge is -2.39. The molecule has 1 aliphatic carbocycles. The zero-order chi connectivity index (χ0) is 30.0. The summed E-state index contributed by atoms with van der Waals surface area (Å²) in [6.07, 6.45) is 11.1. The molecule has 1 aromatic rings. The van der Waals surface area contributed by atoms with Crippen molar-refractivity contribution in [2.45, 2.75) is 129 Å². The highest BCUT2D eigenvalue weighted by Crippen LogP contribution is 2.44. The molecule has 1 unspecified atom stereocenters. The normalized spacial score (nSPS) is 19.7. The van der Waals surface area contributed by atoms with Crippen LogP contribution in [0, 0.1) is 5.92 Å². The summed E-state index contributed by atoms with van der Waals surface area (Å²) in [5, 5.41) is 19.3. The number of aryl methyl sites for hydroxylation is 1. The van der Waals surface area contributed by atoms with Crippen molar-refractivity contribution in [3.8, 4) is 0 Å². The van der Waals surface area contributed by atoms with Gasteiger partial charge in [0.05, 0.1) is 6.10 Å². The summed E-state index contributed by atoms with van der Waals surface area (Å²) in [5.41, 5.74) is 0.712. The van der Waals surface area contributed by atoms with Crippen molar-refractivity contribution in [2.75, 3.05) is 0 Å². The number of ether oxygens (including phenoxy) is 1. The Morgan fingerprint density at radius 1 is 1.05 bits per heavy atom. The Hall–Kier alpha value is -2.22. The van der Waals surface area contributed by atoms with Gasteiger partial charge in [-0.25, -0.2) is 4.79 Å². The molecule has 3 atom stereocenters. The summed E-state index contributed by atoms with van der Waals surface area (Å²) < 4.78 is 12.9. The molecule has 224 valence electrons. The first-order chi connectivity index (χ1) is 18.7. The van der Waals surface area contributed by atoms with Crippen LogP contribution >= 0.6 is 0 Å². The summed E-state index contributed by atoms with van der Waals surface area (Å²) >= 11 is 0. The Bertz CT molecular complexity index is 1020. The number of allylic oxidation sites excluding steroid dienone is 1. The Morgan fingerprint density at radius 3 is 2.33 bits per heavy atom. The second-order valence-corrected chi connectivity index (χ2v) is 17.7. The molecule has 0 heterocycles. The van der Waals surface area contributed by atoms with E-state index < -0.39 is 19.9 Å². The summed E-state index contributed by atoms with van der Waals surface area (Å²) in [6.45, 7) is 14.6. The van der Waals surface area contributed by atoms with E-state index in [1.54, 1.807) is 0 Å². The third-order valence-corrected chi connectivity index (χ3v) is 12.9. The van der Waals surface area contributed by atoms with Gasteiger partial charge < -0.3 is 19.4 Å². The van der Waals surface area contributed by atoms with Crippen molar-refractivity contribution in [2.24, 2.45) is 5.92 Å². The van der Waals surface area contributed by atoms with E-state index in [1.807, 2.05) is 13.0 Å². The summed E-state index contributed by atoms with van der Waals surface area (Å²) in [4.78, 5) is 23.8. The molecule has 0 aromatic heterocycles. The first kappa shape index (κ1) is 34.0. The number of hydrogen-bond acceptors (Lipinski definition) is 5. The molecule has 40 heavy (non-hydrogen) atoms. The van der Waals surface area contributed by atoms with Crippen LogP contribution in [0.5, 0.6) is 0 Å². The molecule has 0 saturated heterocycles. The number of carboxylic acids is 1. The van der Waals surface area contributed by atoms with Gasteiger partial charge in [0.25, 0.3) is 0 Å². The van der Waals surface area contributed by atoms with E-state index in [2.05, 4.69) is 70.3 Å². The molecule has 0 fully saturated rings. The maximum atomic E-state index is 12.6.